The number of rotatable bonds is 4. The quantitative estimate of drug-likeness (QED) is 0.472. The predicted octanol–water partition coefficient (Wildman–Crippen LogP) is 3.30. The highest BCUT2D eigenvalue weighted by Gasteiger charge is 2.46. The van der Waals surface area contributed by atoms with Crippen LogP contribution in [0, 0.1) is 11.8 Å². The lowest BCUT2D eigenvalue weighted by Gasteiger charge is -2.52. The van der Waals surface area contributed by atoms with Crippen LogP contribution >= 0.6 is 0 Å². The van der Waals surface area contributed by atoms with Crippen LogP contribution in [-0.4, -0.2) is 30.6 Å². The number of hydrogen-bond donors (Lipinski definition) is 2. The van der Waals surface area contributed by atoms with Crippen molar-refractivity contribution >= 4 is 0 Å². The van der Waals surface area contributed by atoms with Gasteiger partial charge in [-0.25, -0.2) is 0 Å². The average Bonchev–Trinajstić information content (AvgIpc) is 2.68. The highest BCUT2D eigenvalue weighted by Crippen LogP contribution is 2.42. The highest BCUT2D eigenvalue weighted by molar-refractivity contribution is 5.03. The third-order valence-electron chi connectivity index (χ3n) is 6.03. The summed E-state index contributed by atoms with van der Waals surface area (Å²) in [7, 11) is 4.53. The Bertz CT molecular complexity index is 284. The van der Waals surface area contributed by atoms with Crippen molar-refractivity contribution in [1.82, 2.24) is 10.3 Å². The Labute approximate surface area is 125 Å². The molecule has 0 aromatic heterocycles. The van der Waals surface area contributed by atoms with Crippen LogP contribution < -0.4 is 11.3 Å². The summed E-state index contributed by atoms with van der Waals surface area (Å²) in [6.07, 6.45) is 13.7. The molecular weight excluding hydrogens is 246 g/mol. The van der Waals surface area contributed by atoms with Crippen molar-refractivity contribution in [2.75, 3.05) is 14.1 Å². The first-order valence-corrected chi connectivity index (χ1v) is 8.73. The second kappa shape index (κ2) is 7.24. The Hall–Kier alpha value is -0.120. The summed E-state index contributed by atoms with van der Waals surface area (Å²) in [4.78, 5) is 2.48. The Kier molecular flexibility index (Phi) is 5.88. The van der Waals surface area contributed by atoms with Gasteiger partial charge in [0.15, 0.2) is 0 Å². The monoisotopic (exact) mass is 281 g/mol. The fraction of sp³-hybridized carbons (Fsp3) is 1.00. The van der Waals surface area contributed by atoms with Crippen molar-refractivity contribution in [3.63, 3.8) is 0 Å². The van der Waals surface area contributed by atoms with Crippen molar-refractivity contribution in [2.24, 2.45) is 17.7 Å². The largest absolute Gasteiger partial charge is 0.302 e. The summed E-state index contributed by atoms with van der Waals surface area (Å²) in [5.41, 5.74) is 3.54. The lowest BCUT2D eigenvalue weighted by molar-refractivity contribution is 0.0124. The number of hydrazine groups is 1. The predicted molar refractivity (Wildman–Crippen MR) is 86.4 cm³/mol. The molecule has 0 aromatic carbocycles. The van der Waals surface area contributed by atoms with Crippen molar-refractivity contribution in [1.29, 1.82) is 0 Å². The Morgan fingerprint density at radius 1 is 1.05 bits per heavy atom. The number of nitrogens with two attached hydrogens (primary N) is 1. The van der Waals surface area contributed by atoms with Crippen LogP contribution in [0.4, 0.5) is 0 Å². The van der Waals surface area contributed by atoms with Gasteiger partial charge < -0.3 is 4.90 Å². The van der Waals surface area contributed by atoms with E-state index in [1.54, 1.807) is 0 Å². The van der Waals surface area contributed by atoms with Crippen molar-refractivity contribution < 1.29 is 0 Å². The third-order valence-corrected chi connectivity index (χ3v) is 6.03. The van der Waals surface area contributed by atoms with Gasteiger partial charge in [-0.05, 0) is 51.6 Å². The second-order valence-corrected chi connectivity index (χ2v) is 7.60. The van der Waals surface area contributed by atoms with Gasteiger partial charge >= 0.3 is 0 Å². The first-order valence-electron chi connectivity index (χ1n) is 8.73. The summed E-state index contributed by atoms with van der Waals surface area (Å²) >= 11 is 0. The van der Waals surface area contributed by atoms with E-state index in [1.165, 1.54) is 64.2 Å². The zero-order valence-corrected chi connectivity index (χ0v) is 13.8. The Morgan fingerprint density at radius 2 is 1.70 bits per heavy atom. The van der Waals surface area contributed by atoms with Gasteiger partial charge in [-0.2, -0.15) is 0 Å². The summed E-state index contributed by atoms with van der Waals surface area (Å²) in [5.74, 6) is 7.66. The second-order valence-electron chi connectivity index (χ2n) is 7.60. The molecule has 3 atom stereocenters. The van der Waals surface area contributed by atoms with Crippen LogP contribution in [-0.2, 0) is 0 Å². The maximum Gasteiger partial charge on any atom is 0.0422 e. The summed E-state index contributed by atoms with van der Waals surface area (Å²) < 4.78 is 0. The molecule has 118 valence electrons. The minimum Gasteiger partial charge on any atom is -0.302 e. The van der Waals surface area contributed by atoms with Crippen LogP contribution in [0.1, 0.15) is 71.1 Å². The van der Waals surface area contributed by atoms with E-state index < -0.39 is 0 Å². The van der Waals surface area contributed by atoms with Gasteiger partial charge in [-0.1, -0.05) is 45.4 Å². The zero-order valence-electron chi connectivity index (χ0n) is 13.8. The molecule has 2 aliphatic carbocycles. The average molecular weight is 281 g/mol. The highest BCUT2D eigenvalue weighted by atomic mass is 15.3. The number of hydrogen-bond acceptors (Lipinski definition) is 3. The number of nitrogens with zero attached hydrogens (tertiary/aromatic N) is 1. The number of nitrogens with one attached hydrogen (secondary N) is 1. The summed E-state index contributed by atoms with van der Waals surface area (Å²) in [5, 5.41) is 0. The molecule has 3 N–H and O–H groups in total. The van der Waals surface area contributed by atoms with Gasteiger partial charge in [0, 0.05) is 11.6 Å². The van der Waals surface area contributed by atoms with Crippen LogP contribution in [0.2, 0.25) is 0 Å². The molecule has 2 rings (SSSR count). The van der Waals surface area contributed by atoms with Gasteiger partial charge in [0.25, 0.3) is 0 Å². The van der Waals surface area contributed by atoms with E-state index in [4.69, 9.17) is 5.84 Å². The SMILES string of the molecule is CC1CCCC(C(NN)C2CCCCCC2)(N(C)C)C1. The standard InChI is InChI=1S/C17H35N3/c1-14-9-8-12-17(13-14,20(2)3)16(19-18)15-10-6-4-5-7-11-15/h14-16,19H,4-13,18H2,1-3H3. The molecule has 0 amide bonds. The summed E-state index contributed by atoms with van der Waals surface area (Å²) in [6.45, 7) is 2.41. The first kappa shape index (κ1) is 16.3. The first-order chi connectivity index (χ1) is 9.60. The van der Waals surface area contributed by atoms with E-state index in [0.717, 1.165) is 11.8 Å². The van der Waals surface area contributed by atoms with Crippen LogP contribution in [0.25, 0.3) is 0 Å². The minimum atomic E-state index is 0.265. The normalized spacial score (nSPS) is 35.0. The topological polar surface area (TPSA) is 41.3 Å². The van der Waals surface area contributed by atoms with E-state index in [-0.39, 0.29) is 5.54 Å². The fourth-order valence-electron chi connectivity index (χ4n) is 4.91. The molecular formula is C17H35N3. The third kappa shape index (κ3) is 3.37. The Morgan fingerprint density at radius 3 is 2.20 bits per heavy atom. The minimum absolute atomic E-state index is 0.265. The van der Waals surface area contributed by atoms with Gasteiger partial charge in [-0.3, -0.25) is 11.3 Å². The van der Waals surface area contributed by atoms with Gasteiger partial charge in [0.05, 0.1) is 0 Å². The lowest BCUT2D eigenvalue weighted by Crippen LogP contribution is -2.64. The van der Waals surface area contributed by atoms with Crippen molar-refractivity contribution in [3.05, 3.63) is 0 Å². The molecule has 20 heavy (non-hydrogen) atoms. The van der Waals surface area contributed by atoms with Crippen LogP contribution in [0.5, 0.6) is 0 Å². The summed E-state index contributed by atoms with van der Waals surface area (Å²) in [6, 6.07) is 0.457. The molecule has 0 spiro atoms. The van der Waals surface area contributed by atoms with Gasteiger partial charge in [-0.15, -0.1) is 0 Å². The number of likely N-dealkylation sites (N-methyl/N-ethyl adjacent to an activating group) is 1. The van der Waals surface area contributed by atoms with Gasteiger partial charge in [0.1, 0.15) is 0 Å². The van der Waals surface area contributed by atoms with E-state index in [9.17, 15) is 0 Å². The maximum atomic E-state index is 6.08. The Balaban J connectivity index is 2.19. The molecule has 2 saturated carbocycles. The molecule has 2 aliphatic rings. The molecule has 0 aliphatic heterocycles. The van der Waals surface area contributed by atoms with E-state index in [0.29, 0.717) is 6.04 Å². The molecule has 3 nitrogen and oxygen atoms in total. The fourth-order valence-corrected chi connectivity index (χ4v) is 4.91. The molecule has 3 unspecified atom stereocenters. The smallest absolute Gasteiger partial charge is 0.0422 e. The van der Waals surface area contributed by atoms with Crippen molar-refractivity contribution in [2.45, 2.75) is 82.7 Å². The van der Waals surface area contributed by atoms with E-state index >= 15 is 0 Å². The van der Waals surface area contributed by atoms with Crippen molar-refractivity contribution in [3.8, 4) is 0 Å². The lowest BCUT2D eigenvalue weighted by atomic mass is 9.67. The van der Waals surface area contributed by atoms with Crippen LogP contribution in [0.3, 0.4) is 0 Å². The molecule has 0 bridgehead atoms. The van der Waals surface area contributed by atoms with E-state index in [2.05, 4.69) is 31.3 Å². The zero-order chi connectivity index (χ0) is 14.6. The molecule has 0 radical (unpaired) electrons. The van der Waals surface area contributed by atoms with E-state index in [1.807, 2.05) is 0 Å². The molecule has 0 aromatic rings. The molecule has 3 heteroatoms. The van der Waals surface area contributed by atoms with Crippen LogP contribution in [0.15, 0.2) is 0 Å². The molecule has 2 fully saturated rings. The van der Waals surface area contributed by atoms with Gasteiger partial charge in [0.2, 0.25) is 0 Å². The molecule has 0 saturated heterocycles. The molecule has 0 heterocycles. The maximum absolute atomic E-state index is 6.08.